The van der Waals surface area contributed by atoms with E-state index in [1.165, 1.54) is 30.7 Å². The van der Waals surface area contributed by atoms with Crippen molar-refractivity contribution in [2.75, 3.05) is 58.6 Å². The topological polar surface area (TPSA) is 237 Å². The maximum absolute atomic E-state index is 12.0. The Morgan fingerprint density at radius 3 is 2.02 bits per heavy atom. The zero-order valence-electron chi connectivity index (χ0n) is 28.4. The Hall–Kier alpha value is -5.97. The van der Waals surface area contributed by atoms with E-state index in [4.69, 9.17) is 24.7 Å². The summed E-state index contributed by atoms with van der Waals surface area (Å²) in [7, 11) is 1.64. The number of hydrogen-bond donors (Lipinski definition) is 4. The van der Waals surface area contributed by atoms with Gasteiger partial charge in [-0.2, -0.15) is 6.41 Å². The van der Waals surface area contributed by atoms with Gasteiger partial charge in [-0.15, -0.1) is 0 Å². The van der Waals surface area contributed by atoms with Gasteiger partial charge in [-0.25, -0.2) is 0 Å². The van der Waals surface area contributed by atoms with Crippen LogP contribution in [-0.2, 0) is 49.5 Å². The average molecular weight is 950 g/mol. The first-order valence-electron chi connectivity index (χ1n) is 15.1. The van der Waals surface area contributed by atoms with Gasteiger partial charge < -0.3 is 50.2 Å². The van der Waals surface area contributed by atoms with Crippen LogP contribution in [0.2, 0.25) is 0 Å². The van der Waals surface area contributed by atoms with Gasteiger partial charge in [0.2, 0.25) is 17.7 Å². The van der Waals surface area contributed by atoms with Crippen molar-refractivity contribution in [1.29, 1.82) is 0 Å². The average Bonchev–Trinajstić information content (AvgIpc) is 3.05. The van der Waals surface area contributed by atoms with Crippen LogP contribution in [0.3, 0.4) is 0 Å². The Morgan fingerprint density at radius 2 is 1.52 bits per heavy atom. The van der Waals surface area contributed by atoms with Crippen molar-refractivity contribution in [3.63, 3.8) is 0 Å². The number of nitrogens with one attached hydrogen (secondary N) is 3. The predicted molar refractivity (Wildman–Crippen MR) is 178 cm³/mol. The molecule has 0 aliphatic rings. The van der Waals surface area contributed by atoms with Crippen molar-refractivity contribution in [3.05, 3.63) is 64.2 Å². The van der Waals surface area contributed by atoms with E-state index in [2.05, 4.69) is 20.7 Å². The maximum atomic E-state index is 12.0. The van der Waals surface area contributed by atoms with Crippen LogP contribution in [0, 0.1) is 16.0 Å². The van der Waals surface area contributed by atoms with Crippen molar-refractivity contribution in [3.8, 4) is 5.75 Å². The number of nitrogens with zero attached hydrogens (tertiary/aromatic N) is 1. The second-order valence-electron chi connectivity index (χ2n) is 10.2. The Balaban J connectivity index is 0. The second kappa shape index (κ2) is 29.2. The molecule has 0 spiro atoms. The molecule has 284 valence electrons. The van der Waals surface area contributed by atoms with Crippen molar-refractivity contribution in [2.45, 2.75) is 39.8 Å². The molecular formula is C32H46FmN5O12-. The minimum atomic E-state index is -0.560. The number of nitro groups is 1. The number of ether oxygens (including phenoxy) is 5. The molecule has 0 aliphatic carbocycles. The molecule has 2 rings (SSSR count). The van der Waals surface area contributed by atoms with Crippen LogP contribution in [0.25, 0.3) is 0 Å². The monoisotopic (exact) mass is 949 g/mol. The van der Waals surface area contributed by atoms with Gasteiger partial charge in [0.1, 0.15) is 18.4 Å². The summed E-state index contributed by atoms with van der Waals surface area (Å²) in [6.45, 7) is 8.76. The quantitative estimate of drug-likeness (QED) is 0.0329. The summed E-state index contributed by atoms with van der Waals surface area (Å²) in [6.07, 6.45) is 1.96. The Morgan fingerprint density at radius 1 is 0.940 bits per heavy atom. The number of methoxy groups -OCH3 is 1. The van der Waals surface area contributed by atoms with Crippen LogP contribution in [0.4, 0.5) is 11.4 Å². The van der Waals surface area contributed by atoms with Crippen LogP contribution < -0.4 is 26.4 Å². The van der Waals surface area contributed by atoms with E-state index in [1.807, 2.05) is 38.1 Å². The molecule has 0 heterocycles. The summed E-state index contributed by atoms with van der Waals surface area (Å²) in [5.74, 6) is -0.276. The van der Waals surface area contributed by atoms with Gasteiger partial charge in [0.05, 0.1) is 44.6 Å². The SMILES string of the molecule is COCc1ccc(NC(=O)C(C)NC(=O)CC(C)C)cc1.NC(=O)COCCOCCOCCN[C-]=O.O=COc1ccc([N+](=O)[O-])cc1.[Fm]. The number of amides is 4. The molecule has 0 aromatic heterocycles. The number of nitro benzene ring substituents is 1. The van der Waals surface area contributed by atoms with Gasteiger partial charge in [0, 0.05) is 37.9 Å². The molecule has 17 nitrogen and oxygen atoms in total. The third kappa shape index (κ3) is 25.2. The molecule has 4 amide bonds. The van der Waals surface area contributed by atoms with Gasteiger partial charge in [-0.3, -0.25) is 29.3 Å². The number of anilines is 1. The van der Waals surface area contributed by atoms with E-state index < -0.39 is 16.9 Å². The molecule has 2 aromatic carbocycles. The number of rotatable bonds is 22. The number of primary amides is 1. The van der Waals surface area contributed by atoms with E-state index in [1.54, 1.807) is 14.0 Å². The van der Waals surface area contributed by atoms with Crippen LogP contribution in [0.1, 0.15) is 32.8 Å². The number of carbonyl (C=O) groups excluding carboxylic acids is 5. The molecule has 1 atom stereocenters. The Labute approximate surface area is 285 Å². The fourth-order valence-electron chi connectivity index (χ4n) is 3.33. The number of non-ortho nitro benzene ring substituents is 1. The molecule has 0 aliphatic heterocycles. The summed E-state index contributed by atoms with van der Waals surface area (Å²) in [6, 6.07) is 12.1. The fourth-order valence-corrected chi connectivity index (χ4v) is 3.33. The minimum Gasteiger partial charge on any atom is -0.528 e. The molecule has 1 unspecified atom stereocenters. The zero-order chi connectivity index (χ0) is 36.9. The normalized spacial score (nSPS) is 10.4. The summed E-state index contributed by atoms with van der Waals surface area (Å²) in [5, 5.41) is 18.0. The van der Waals surface area contributed by atoms with Crippen LogP contribution in [0.15, 0.2) is 48.5 Å². The van der Waals surface area contributed by atoms with Crippen molar-refractivity contribution in [1.82, 2.24) is 10.6 Å². The molecule has 18 heteroatoms. The summed E-state index contributed by atoms with van der Waals surface area (Å²) in [4.78, 5) is 63.1. The molecule has 0 saturated carbocycles. The number of benzene rings is 2. The molecule has 5 N–H and O–H groups in total. The molecule has 50 heavy (non-hydrogen) atoms. The molecule has 0 saturated heterocycles. The fraction of sp³-hybridized carbons (Fsp3) is 0.469. The standard InChI is InChI=1S/C16H24N2O3.C9H17N2O5.C7H5NO4.Fm/c1-11(2)9-15(19)17-12(3)16(20)18-14-7-5-13(6-8-14)10-21-4;10-9(13)7-16-6-5-15-4-3-14-2-1-11-8-12;9-5-12-7-3-1-6(2-4-7)8(10)11;/h5-8,11-12H,9-10H2,1-4H3,(H,17,19)(H,18,20);1-7H2,(H2,10,13)(H,11,12);1-5H;/q;-1;;. The van der Waals surface area contributed by atoms with Crippen molar-refractivity contribution < 1.29 is 52.6 Å². The van der Waals surface area contributed by atoms with Crippen LogP contribution >= 0.6 is 0 Å². The van der Waals surface area contributed by atoms with Gasteiger partial charge in [0.25, 0.3) is 12.2 Å². The third-order valence-corrected chi connectivity index (χ3v) is 5.56. The Bertz CT molecular complexity index is 1250. The smallest absolute Gasteiger partial charge is 0.298 e. The van der Waals surface area contributed by atoms with E-state index in [0.29, 0.717) is 58.3 Å². The first kappa shape index (κ1) is 46.2. The zero-order valence-corrected chi connectivity index (χ0v) is 30.8. The molecule has 2 aromatic rings. The second-order valence-corrected chi connectivity index (χ2v) is 10.2. The molecule has 0 fully saturated rings. The first-order chi connectivity index (χ1) is 23.4. The van der Waals surface area contributed by atoms with Crippen molar-refractivity contribution >= 4 is 42.0 Å². The van der Waals surface area contributed by atoms with E-state index in [-0.39, 0.29) is 42.2 Å². The largest absolute Gasteiger partial charge is 0.528 e. The van der Waals surface area contributed by atoms with Gasteiger partial charge in [-0.05, 0) is 42.7 Å². The minimum absolute atomic E-state index is 0. The third-order valence-electron chi connectivity index (χ3n) is 5.56. The molecular weight excluding hydrogens is 903 g/mol. The molecule has 0 radical (unpaired) electrons. The molecule has 0 bridgehead atoms. The number of nitrogens with two attached hydrogens (primary N) is 1. The van der Waals surface area contributed by atoms with Gasteiger partial charge in [-0.1, -0.05) is 26.0 Å². The van der Waals surface area contributed by atoms with Gasteiger partial charge >= 0.3 is 0 Å². The Kier molecular flexibility index (Phi) is 26.9. The van der Waals surface area contributed by atoms with Crippen LogP contribution in [-0.4, -0.2) is 94.9 Å². The van der Waals surface area contributed by atoms with Gasteiger partial charge in [0.15, 0.2) is 0 Å². The van der Waals surface area contributed by atoms with E-state index in [9.17, 15) is 34.1 Å². The number of carbonyl (C=O) groups is 4. The van der Waals surface area contributed by atoms with E-state index >= 15 is 0 Å². The van der Waals surface area contributed by atoms with Crippen molar-refractivity contribution in [2.24, 2.45) is 11.7 Å². The first-order valence-corrected chi connectivity index (χ1v) is 15.1. The van der Waals surface area contributed by atoms with Crippen LogP contribution in [0.5, 0.6) is 5.75 Å². The van der Waals surface area contributed by atoms with E-state index in [0.717, 1.165) is 5.56 Å². The maximum Gasteiger partial charge on any atom is 0.298 e. The summed E-state index contributed by atoms with van der Waals surface area (Å²) >= 11 is 0. The predicted octanol–water partition coefficient (Wildman–Crippen LogP) is 1.63. The summed E-state index contributed by atoms with van der Waals surface area (Å²) < 4.78 is 24.5. The number of hydrogen-bond acceptors (Lipinski definition) is 12. The summed E-state index contributed by atoms with van der Waals surface area (Å²) in [5.41, 5.74) is 6.56.